The summed E-state index contributed by atoms with van der Waals surface area (Å²) in [6.45, 7) is 36.9. The standard InChI is InChI=1S/C65H73BN2S/c1-38-30-54-57-55(31-38)68(52-32-41(21-20-40(52)3)43-19-17-16-18-39(43)2)53-36-49-48(63(10,11)27-28-64(49,12)13)35-51(53)66(57)59-58(44-34-47-50(37-56(44)69-59)65(14,15)29-26-62(47,8)9)67(54)42-22-23-45-46(33-42)61(6,7)25-24-60(45,4)5/h16-23,30-37H,24-29H2,1-15H3. The summed E-state index contributed by atoms with van der Waals surface area (Å²) < 4.78 is 2.90. The van der Waals surface area contributed by atoms with Crippen molar-refractivity contribution in [3.8, 4) is 11.1 Å². The summed E-state index contributed by atoms with van der Waals surface area (Å²) in [5, 5.41) is 1.41. The second kappa shape index (κ2) is 14.5. The summed E-state index contributed by atoms with van der Waals surface area (Å²) >= 11 is 2.09. The number of fused-ring (bicyclic) bond motifs is 9. The first-order chi connectivity index (χ1) is 32.4. The van der Waals surface area contributed by atoms with E-state index in [0.717, 1.165) is 0 Å². The number of hydrogen-bond donors (Lipinski definition) is 0. The van der Waals surface area contributed by atoms with E-state index in [1.165, 1.54) is 154 Å². The molecule has 0 saturated carbocycles. The van der Waals surface area contributed by atoms with Gasteiger partial charge in [-0.15, -0.1) is 11.3 Å². The normalized spacial score (nSPS) is 20.4. The van der Waals surface area contributed by atoms with Crippen LogP contribution in [0.3, 0.4) is 0 Å². The molecular formula is C65H73BN2S. The van der Waals surface area contributed by atoms with Crippen LogP contribution in [0.4, 0.5) is 34.1 Å². The molecule has 2 nitrogen and oxygen atoms in total. The summed E-state index contributed by atoms with van der Waals surface area (Å²) in [5.41, 5.74) is 26.9. The minimum Gasteiger partial charge on any atom is -0.311 e. The van der Waals surface area contributed by atoms with Crippen molar-refractivity contribution in [2.45, 2.75) is 175 Å². The second-order valence-corrected chi connectivity index (χ2v) is 27.4. The lowest BCUT2D eigenvalue weighted by atomic mass is 9.35. The maximum absolute atomic E-state index is 2.76. The van der Waals surface area contributed by atoms with Gasteiger partial charge in [-0.1, -0.05) is 132 Å². The van der Waals surface area contributed by atoms with Gasteiger partial charge >= 0.3 is 0 Å². The Morgan fingerprint density at radius 1 is 0.449 bits per heavy atom. The van der Waals surface area contributed by atoms with Gasteiger partial charge in [0.25, 0.3) is 6.71 Å². The maximum Gasteiger partial charge on any atom is 0.264 e. The quantitative estimate of drug-likeness (QED) is 0.163. The molecule has 0 spiro atoms. The van der Waals surface area contributed by atoms with E-state index in [1.807, 2.05) is 0 Å². The lowest BCUT2D eigenvalue weighted by Crippen LogP contribution is -2.61. The van der Waals surface area contributed by atoms with Gasteiger partial charge in [0.2, 0.25) is 0 Å². The van der Waals surface area contributed by atoms with Gasteiger partial charge in [0.05, 0.1) is 5.69 Å². The van der Waals surface area contributed by atoms with Gasteiger partial charge in [-0.05, 0) is 212 Å². The van der Waals surface area contributed by atoms with Crippen molar-refractivity contribution in [1.29, 1.82) is 0 Å². The van der Waals surface area contributed by atoms with E-state index in [4.69, 9.17) is 0 Å². The third-order valence-corrected chi connectivity index (χ3v) is 20.0. The zero-order valence-corrected chi connectivity index (χ0v) is 45.2. The van der Waals surface area contributed by atoms with Crippen molar-refractivity contribution in [1.82, 2.24) is 0 Å². The van der Waals surface area contributed by atoms with Crippen molar-refractivity contribution in [3.05, 3.63) is 147 Å². The molecule has 0 fully saturated rings. The van der Waals surface area contributed by atoms with Gasteiger partial charge in [-0.3, -0.25) is 0 Å². The highest BCUT2D eigenvalue weighted by atomic mass is 32.1. The van der Waals surface area contributed by atoms with Crippen LogP contribution in [0.5, 0.6) is 0 Å². The molecule has 3 heterocycles. The molecule has 2 aliphatic heterocycles. The molecular weight excluding hydrogens is 852 g/mol. The largest absolute Gasteiger partial charge is 0.311 e. The number of nitrogens with zero attached hydrogens (tertiary/aromatic N) is 2. The number of rotatable bonds is 3. The van der Waals surface area contributed by atoms with Crippen LogP contribution in [-0.4, -0.2) is 6.71 Å². The van der Waals surface area contributed by atoms with Crippen LogP contribution in [0, 0.1) is 20.8 Å². The summed E-state index contributed by atoms with van der Waals surface area (Å²) in [5.74, 6) is 0. The van der Waals surface area contributed by atoms with E-state index in [2.05, 4.69) is 222 Å². The van der Waals surface area contributed by atoms with Crippen LogP contribution in [-0.2, 0) is 32.5 Å². The molecule has 7 aromatic rings. The lowest BCUT2D eigenvalue weighted by Gasteiger charge is -2.47. The van der Waals surface area contributed by atoms with Gasteiger partial charge < -0.3 is 9.80 Å². The second-order valence-electron chi connectivity index (χ2n) is 26.3. The van der Waals surface area contributed by atoms with Crippen LogP contribution in [0.15, 0.2) is 97.1 Å². The van der Waals surface area contributed by atoms with Gasteiger partial charge in [0.1, 0.15) is 0 Å². The molecule has 12 rings (SSSR count). The highest BCUT2D eigenvalue weighted by Gasteiger charge is 2.49. The van der Waals surface area contributed by atoms with Crippen LogP contribution < -0.4 is 25.5 Å². The lowest BCUT2D eigenvalue weighted by molar-refractivity contribution is 0.332. The molecule has 0 atom stereocenters. The molecule has 0 unspecified atom stereocenters. The van der Waals surface area contributed by atoms with Crippen LogP contribution in [0.1, 0.15) is 172 Å². The Labute approximate surface area is 418 Å². The van der Waals surface area contributed by atoms with Gasteiger partial charge in [0.15, 0.2) is 0 Å². The van der Waals surface area contributed by atoms with Crippen molar-refractivity contribution >= 4 is 78.0 Å². The molecule has 0 bridgehead atoms. The van der Waals surface area contributed by atoms with Gasteiger partial charge in [0, 0.05) is 43.3 Å². The highest BCUT2D eigenvalue weighted by molar-refractivity contribution is 7.33. The Morgan fingerprint density at radius 2 is 0.986 bits per heavy atom. The molecule has 0 N–H and O–H groups in total. The van der Waals surface area contributed by atoms with E-state index >= 15 is 0 Å². The third kappa shape index (κ3) is 6.55. The minimum absolute atomic E-state index is 0.0568. The summed E-state index contributed by atoms with van der Waals surface area (Å²) in [6.07, 6.45) is 7.16. The maximum atomic E-state index is 2.76. The van der Waals surface area contributed by atoms with E-state index in [1.54, 1.807) is 5.56 Å². The number of aryl methyl sites for hydroxylation is 3. The fourth-order valence-corrected chi connectivity index (χ4v) is 15.2. The molecule has 69 heavy (non-hydrogen) atoms. The fourth-order valence-electron chi connectivity index (χ4n) is 13.9. The Kier molecular flexibility index (Phi) is 9.50. The van der Waals surface area contributed by atoms with Gasteiger partial charge in [-0.2, -0.15) is 0 Å². The first-order valence-corrected chi connectivity index (χ1v) is 27.1. The predicted octanol–water partition coefficient (Wildman–Crippen LogP) is 16.6. The summed E-state index contributed by atoms with van der Waals surface area (Å²) in [7, 11) is 0. The first kappa shape index (κ1) is 45.1. The van der Waals surface area contributed by atoms with E-state index in [-0.39, 0.29) is 39.2 Å². The van der Waals surface area contributed by atoms with Crippen molar-refractivity contribution in [2.75, 3.05) is 9.80 Å². The Hall–Kier alpha value is -5.06. The van der Waals surface area contributed by atoms with E-state index in [0.29, 0.717) is 0 Å². The van der Waals surface area contributed by atoms with Crippen molar-refractivity contribution in [2.24, 2.45) is 0 Å². The number of hydrogen-bond acceptors (Lipinski definition) is 3. The smallest absolute Gasteiger partial charge is 0.264 e. The SMILES string of the molecule is Cc1cc2c3c(c1)N(c1ccc4c(c1)C(C)(C)CCC4(C)C)c1c(sc4cc5c(cc14)C(C)(C)CCC5(C)C)B3c1cc3c(cc1N2c1cc(-c2ccccc2C)ccc1C)C(C)(C)CCC3(C)C. The molecule has 4 heteroatoms. The summed E-state index contributed by atoms with van der Waals surface area (Å²) in [6, 6.07) is 39.5. The molecule has 352 valence electrons. The average Bonchev–Trinajstić information content (AvgIpc) is 3.66. The monoisotopic (exact) mass is 925 g/mol. The zero-order valence-electron chi connectivity index (χ0n) is 44.4. The molecule has 0 amide bonds. The average molecular weight is 925 g/mol. The third-order valence-electron chi connectivity index (χ3n) is 18.8. The fraction of sp³-hybridized carbons (Fsp3) is 0.415. The van der Waals surface area contributed by atoms with Gasteiger partial charge in [-0.25, -0.2) is 0 Å². The molecule has 6 aromatic carbocycles. The van der Waals surface area contributed by atoms with Crippen LogP contribution >= 0.6 is 11.3 Å². The Balaban J connectivity index is 1.22. The summed E-state index contributed by atoms with van der Waals surface area (Å²) in [4.78, 5) is 5.47. The Morgan fingerprint density at radius 3 is 1.61 bits per heavy atom. The van der Waals surface area contributed by atoms with Crippen LogP contribution in [0.25, 0.3) is 21.2 Å². The molecule has 3 aliphatic carbocycles. The van der Waals surface area contributed by atoms with E-state index in [9.17, 15) is 0 Å². The van der Waals surface area contributed by atoms with Crippen LogP contribution in [0.2, 0.25) is 0 Å². The number of benzene rings is 6. The molecule has 0 radical (unpaired) electrons. The molecule has 0 saturated heterocycles. The zero-order chi connectivity index (χ0) is 48.7. The molecule has 1 aromatic heterocycles. The van der Waals surface area contributed by atoms with Crippen molar-refractivity contribution < 1.29 is 0 Å². The van der Waals surface area contributed by atoms with Crippen molar-refractivity contribution in [3.63, 3.8) is 0 Å². The number of thiophene rings is 1. The highest BCUT2D eigenvalue weighted by Crippen LogP contribution is 2.56. The number of anilines is 6. The first-order valence-electron chi connectivity index (χ1n) is 26.3. The Bertz CT molecular complexity index is 3350. The minimum atomic E-state index is 0.0568. The topological polar surface area (TPSA) is 6.48 Å². The van der Waals surface area contributed by atoms with E-state index < -0.39 is 0 Å². The molecule has 5 aliphatic rings. The predicted molar refractivity (Wildman–Crippen MR) is 301 cm³/mol.